The summed E-state index contributed by atoms with van der Waals surface area (Å²) in [5.41, 5.74) is 7.09. The molecule has 17 heavy (non-hydrogen) atoms. The zero-order valence-electron chi connectivity index (χ0n) is 11.3. The SMILES string of the molecule is CC(N)Cc1cnn(C2CC(C)CC(C)C2)c1. The van der Waals surface area contributed by atoms with Crippen molar-refractivity contribution in [3.05, 3.63) is 18.0 Å². The monoisotopic (exact) mass is 235 g/mol. The van der Waals surface area contributed by atoms with Crippen molar-refractivity contribution in [3.8, 4) is 0 Å². The van der Waals surface area contributed by atoms with Crippen molar-refractivity contribution in [3.63, 3.8) is 0 Å². The van der Waals surface area contributed by atoms with Crippen molar-refractivity contribution in [2.45, 2.75) is 58.5 Å². The van der Waals surface area contributed by atoms with Crippen LogP contribution >= 0.6 is 0 Å². The van der Waals surface area contributed by atoms with Crippen LogP contribution in [-0.4, -0.2) is 15.8 Å². The first-order valence-corrected chi connectivity index (χ1v) is 6.83. The number of hydrogen-bond donors (Lipinski definition) is 1. The third kappa shape index (κ3) is 3.32. The zero-order chi connectivity index (χ0) is 12.4. The maximum atomic E-state index is 5.82. The Morgan fingerprint density at radius 2 is 2.00 bits per heavy atom. The Morgan fingerprint density at radius 3 is 2.59 bits per heavy atom. The lowest BCUT2D eigenvalue weighted by Gasteiger charge is -2.31. The Bertz CT molecular complexity index is 346. The van der Waals surface area contributed by atoms with Gasteiger partial charge in [0.1, 0.15) is 0 Å². The van der Waals surface area contributed by atoms with Crippen molar-refractivity contribution >= 4 is 0 Å². The van der Waals surface area contributed by atoms with E-state index in [0.29, 0.717) is 6.04 Å². The van der Waals surface area contributed by atoms with Crippen LogP contribution in [0.15, 0.2) is 12.4 Å². The Kier molecular flexibility index (Phi) is 3.87. The van der Waals surface area contributed by atoms with Crippen molar-refractivity contribution < 1.29 is 0 Å². The van der Waals surface area contributed by atoms with Crippen LogP contribution in [0.2, 0.25) is 0 Å². The van der Waals surface area contributed by atoms with Crippen LogP contribution in [-0.2, 0) is 6.42 Å². The van der Waals surface area contributed by atoms with Gasteiger partial charge < -0.3 is 5.73 Å². The summed E-state index contributed by atoms with van der Waals surface area (Å²) < 4.78 is 2.17. The maximum Gasteiger partial charge on any atom is 0.0524 e. The minimum Gasteiger partial charge on any atom is -0.328 e. The van der Waals surface area contributed by atoms with E-state index in [9.17, 15) is 0 Å². The highest BCUT2D eigenvalue weighted by Crippen LogP contribution is 2.35. The summed E-state index contributed by atoms with van der Waals surface area (Å²) in [6, 6.07) is 0.812. The highest BCUT2D eigenvalue weighted by molar-refractivity contribution is 5.06. The minimum atomic E-state index is 0.219. The molecule has 3 nitrogen and oxygen atoms in total. The average molecular weight is 235 g/mol. The molecule has 1 saturated carbocycles. The summed E-state index contributed by atoms with van der Waals surface area (Å²) in [7, 11) is 0. The topological polar surface area (TPSA) is 43.8 Å². The molecule has 0 aliphatic heterocycles. The van der Waals surface area contributed by atoms with Gasteiger partial charge in [-0.25, -0.2) is 0 Å². The number of rotatable bonds is 3. The molecule has 3 unspecified atom stereocenters. The van der Waals surface area contributed by atoms with Gasteiger partial charge in [0.25, 0.3) is 0 Å². The van der Waals surface area contributed by atoms with E-state index in [4.69, 9.17) is 5.73 Å². The quantitative estimate of drug-likeness (QED) is 0.875. The summed E-state index contributed by atoms with van der Waals surface area (Å²) in [6.45, 7) is 6.76. The van der Waals surface area contributed by atoms with Crippen LogP contribution < -0.4 is 5.73 Å². The second kappa shape index (κ2) is 5.21. The molecule has 0 saturated heterocycles. The lowest BCUT2D eigenvalue weighted by Crippen LogP contribution is -2.23. The summed E-state index contributed by atoms with van der Waals surface area (Å²) >= 11 is 0. The molecule has 1 aromatic rings. The first kappa shape index (κ1) is 12.6. The van der Waals surface area contributed by atoms with E-state index in [1.165, 1.54) is 24.8 Å². The number of hydrogen-bond acceptors (Lipinski definition) is 2. The molecule has 1 aromatic heterocycles. The van der Waals surface area contributed by atoms with E-state index in [-0.39, 0.29) is 6.04 Å². The molecule has 1 aliphatic carbocycles. The fourth-order valence-corrected chi connectivity index (χ4v) is 3.17. The van der Waals surface area contributed by atoms with Gasteiger partial charge in [-0.1, -0.05) is 13.8 Å². The zero-order valence-corrected chi connectivity index (χ0v) is 11.3. The maximum absolute atomic E-state index is 5.82. The van der Waals surface area contributed by atoms with Gasteiger partial charge in [0.2, 0.25) is 0 Å². The van der Waals surface area contributed by atoms with Gasteiger partial charge in [-0.3, -0.25) is 4.68 Å². The fraction of sp³-hybridized carbons (Fsp3) is 0.786. The molecule has 1 heterocycles. The molecule has 3 heteroatoms. The summed E-state index contributed by atoms with van der Waals surface area (Å²) in [5.74, 6) is 1.65. The minimum absolute atomic E-state index is 0.219. The first-order chi connectivity index (χ1) is 8.04. The molecule has 3 atom stereocenters. The van der Waals surface area contributed by atoms with E-state index in [2.05, 4.69) is 29.8 Å². The highest BCUT2D eigenvalue weighted by Gasteiger charge is 2.25. The van der Waals surface area contributed by atoms with Gasteiger partial charge >= 0.3 is 0 Å². The van der Waals surface area contributed by atoms with E-state index in [0.717, 1.165) is 18.3 Å². The molecule has 2 rings (SSSR count). The van der Waals surface area contributed by atoms with Crippen LogP contribution in [0.3, 0.4) is 0 Å². The highest BCUT2D eigenvalue weighted by atomic mass is 15.3. The first-order valence-electron chi connectivity index (χ1n) is 6.83. The van der Waals surface area contributed by atoms with Crippen LogP contribution in [0.1, 0.15) is 51.6 Å². The normalized spacial score (nSPS) is 31.4. The standard InChI is InChI=1S/C14H25N3/c1-10-4-11(2)6-14(5-10)17-9-13(8-16-17)7-12(3)15/h8-12,14H,4-7,15H2,1-3H3. The second-order valence-electron chi connectivity index (χ2n) is 6.08. The molecule has 0 spiro atoms. The second-order valence-corrected chi connectivity index (χ2v) is 6.08. The molecule has 0 radical (unpaired) electrons. The van der Waals surface area contributed by atoms with Crippen LogP contribution in [0.25, 0.3) is 0 Å². The lowest BCUT2D eigenvalue weighted by atomic mass is 9.80. The number of nitrogens with two attached hydrogens (primary N) is 1. The van der Waals surface area contributed by atoms with Crippen molar-refractivity contribution in [1.82, 2.24) is 9.78 Å². The van der Waals surface area contributed by atoms with Gasteiger partial charge in [0.15, 0.2) is 0 Å². The average Bonchev–Trinajstić information content (AvgIpc) is 2.63. The molecule has 0 bridgehead atoms. The van der Waals surface area contributed by atoms with Crippen molar-refractivity contribution in [2.75, 3.05) is 0 Å². The van der Waals surface area contributed by atoms with Gasteiger partial charge in [0, 0.05) is 12.2 Å². The van der Waals surface area contributed by atoms with Crippen LogP contribution in [0, 0.1) is 11.8 Å². The molecule has 0 aromatic carbocycles. The van der Waals surface area contributed by atoms with Crippen molar-refractivity contribution in [1.29, 1.82) is 0 Å². The number of nitrogens with zero attached hydrogens (tertiary/aromatic N) is 2. The molecule has 2 N–H and O–H groups in total. The van der Waals surface area contributed by atoms with Gasteiger partial charge in [-0.05, 0) is 50.0 Å². The van der Waals surface area contributed by atoms with Gasteiger partial charge in [-0.2, -0.15) is 5.10 Å². The molecular formula is C14H25N3. The van der Waals surface area contributed by atoms with Crippen molar-refractivity contribution in [2.24, 2.45) is 17.6 Å². The smallest absolute Gasteiger partial charge is 0.0524 e. The Hall–Kier alpha value is -0.830. The molecule has 1 fully saturated rings. The Labute approximate surface area is 104 Å². The summed E-state index contributed by atoms with van der Waals surface area (Å²) in [4.78, 5) is 0. The van der Waals surface area contributed by atoms with Gasteiger partial charge in [-0.15, -0.1) is 0 Å². The number of aromatic nitrogens is 2. The predicted octanol–water partition coefficient (Wildman–Crippen LogP) is 2.77. The Balaban J connectivity index is 2.03. The Morgan fingerprint density at radius 1 is 1.35 bits per heavy atom. The van der Waals surface area contributed by atoms with E-state index < -0.39 is 0 Å². The summed E-state index contributed by atoms with van der Waals surface area (Å²) in [5, 5.41) is 4.52. The van der Waals surface area contributed by atoms with Crippen LogP contribution in [0.5, 0.6) is 0 Å². The van der Waals surface area contributed by atoms with Gasteiger partial charge in [0.05, 0.1) is 12.2 Å². The van der Waals surface area contributed by atoms with E-state index in [1.807, 2.05) is 13.1 Å². The predicted molar refractivity (Wildman–Crippen MR) is 70.8 cm³/mol. The van der Waals surface area contributed by atoms with E-state index in [1.54, 1.807) is 0 Å². The lowest BCUT2D eigenvalue weighted by molar-refractivity contribution is 0.210. The molecular weight excluding hydrogens is 210 g/mol. The largest absolute Gasteiger partial charge is 0.328 e. The fourth-order valence-electron chi connectivity index (χ4n) is 3.17. The molecule has 1 aliphatic rings. The third-order valence-corrected chi connectivity index (χ3v) is 3.74. The molecule has 0 amide bonds. The van der Waals surface area contributed by atoms with Crippen LogP contribution in [0.4, 0.5) is 0 Å². The third-order valence-electron chi connectivity index (χ3n) is 3.74. The summed E-state index contributed by atoms with van der Waals surface area (Å²) in [6.07, 6.45) is 9.00. The molecule has 96 valence electrons. The van der Waals surface area contributed by atoms with E-state index >= 15 is 0 Å².